The summed E-state index contributed by atoms with van der Waals surface area (Å²) in [6.45, 7) is 15.6. The molecule has 0 bridgehead atoms. The highest BCUT2D eigenvalue weighted by molar-refractivity contribution is 6.38. The molecule has 0 aromatic heterocycles. The van der Waals surface area contributed by atoms with Gasteiger partial charge in [-0.15, -0.1) is 6.58 Å². The smallest absolute Gasteiger partial charge is 0.315 e. The second-order valence-electron chi connectivity index (χ2n) is 14.6. The highest BCUT2D eigenvalue weighted by atomic mass is 16.2. The quantitative estimate of drug-likeness (QED) is 0.133. The minimum Gasteiger partial charge on any atom is -0.354 e. The van der Waals surface area contributed by atoms with Crippen LogP contribution < -0.4 is 26.6 Å². The van der Waals surface area contributed by atoms with Crippen molar-refractivity contribution in [1.29, 1.82) is 0 Å². The summed E-state index contributed by atoms with van der Waals surface area (Å²) < 4.78 is 0. The summed E-state index contributed by atoms with van der Waals surface area (Å²) in [5, 5.41) is 14.1. The Labute approximate surface area is 291 Å². The third kappa shape index (κ3) is 11.2. The van der Waals surface area contributed by atoms with Crippen molar-refractivity contribution in [3.8, 4) is 0 Å². The predicted octanol–water partition coefficient (Wildman–Crippen LogP) is 2.94. The van der Waals surface area contributed by atoms with E-state index in [0.717, 1.165) is 11.1 Å². The fraction of sp³-hybridized carbons (Fsp3) is 0.622. The minimum absolute atomic E-state index is 0.00972. The van der Waals surface area contributed by atoms with E-state index in [4.69, 9.17) is 0 Å². The Balaban J connectivity index is 1.80. The second-order valence-corrected chi connectivity index (χ2v) is 14.6. The molecule has 2 aliphatic rings. The number of fused-ring (bicyclic) bond motifs is 1. The lowest BCUT2D eigenvalue weighted by molar-refractivity contribution is -0.143. The van der Waals surface area contributed by atoms with Gasteiger partial charge < -0.3 is 31.5 Å². The average Bonchev–Trinajstić information content (AvgIpc) is 3.70. The molecular weight excluding hydrogens is 624 g/mol. The van der Waals surface area contributed by atoms with Crippen molar-refractivity contribution < 1.29 is 28.8 Å². The van der Waals surface area contributed by atoms with E-state index in [-0.39, 0.29) is 54.6 Å². The van der Waals surface area contributed by atoms with Gasteiger partial charge in [-0.2, -0.15) is 0 Å². The Kier molecular flexibility index (Phi) is 14.4. The van der Waals surface area contributed by atoms with Gasteiger partial charge in [0, 0.05) is 31.6 Å². The van der Waals surface area contributed by atoms with Crippen molar-refractivity contribution in [3.05, 3.63) is 48.0 Å². The summed E-state index contributed by atoms with van der Waals surface area (Å²) >= 11 is 0. The molecule has 0 spiro atoms. The number of rotatable bonds is 16. The normalized spacial score (nSPS) is 17.8. The maximum Gasteiger partial charge on any atom is 0.315 e. The molecule has 12 nitrogen and oxygen atoms in total. The fourth-order valence-electron chi connectivity index (χ4n) is 6.66. The number of hydrogen-bond donors (Lipinski definition) is 5. The second kappa shape index (κ2) is 18.0. The summed E-state index contributed by atoms with van der Waals surface area (Å²) in [6, 6.07) is 4.28. The lowest BCUT2D eigenvalue weighted by Gasteiger charge is -2.34. The maximum absolute atomic E-state index is 14.4. The van der Waals surface area contributed by atoms with Gasteiger partial charge in [0.2, 0.25) is 23.5 Å². The molecule has 3 rings (SSSR count). The van der Waals surface area contributed by atoms with Crippen LogP contribution in [0, 0.1) is 11.3 Å². The molecule has 49 heavy (non-hydrogen) atoms. The van der Waals surface area contributed by atoms with E-state index >= 15 is 0 Å². The van der Waals surface area contributed by atoms with E-state index in [1.54, 1.807) is 0 Å². The number of Topliss-reactive ketones (excluding diaryl/α,β-unsaturated/α-hetero) is 1. The zero-order valence-corrected chi connectivity index (χ0v) is 30.0. The van der Waals surface area contributed by atoms with Gasteiger partial charge in [0.05, 0.1) is 6.04 Å². The molecule has 1 aromatic carbocycles. The van der Waals surface area contributed by atoms with Crippen LogP contribution in [0.3, 0.4) is 0 Å². The lowest BCUT2D eigenvalue weighted by Crippen LogP contribution is -2.60. The van der Waals surface area contributed by atoms with Crippen LogP contribution in [0.25, 0.3) is 0 Å². The highest BCUT2D eigenvalue weighted by Gasteiger charge is 2.43. The van der Waals surface area contributed by atoms with Gasteiger partial charge >= 0.3 is 6.03 Å². The van der Waals surface area contributed by atoms with Crippen LogP contribution in [0.2, 0.25) is 0 Å². The number of benzene rings is 1. The minimum atomic E-state index is -1.03. The topological polar surface area (TPSA) is 166 Å². The molecule has 1 saturated heterocycles. The summed E-state index contributed by atoms with van der Waals surface area (Å²) in [7, 11) is 0. The number of likely N-dealkylation sites (tertiary alicyclic amines) is 1. The van der Waals surface area contributed by atoms with Crippen LogP contribution >= 0.6 is 0 Å². The molecule has 12 heteroatoms. The molecule has 4 atom stereocenters. The van der Waals surface area contributed by atoms with E-state index in [0.29, 0.717) is 45.1 Å². The van der Waals surface area contributed by atoms with Gasteiger partial charge in [-0.25, -0.2) is 4.79 Å². The number of hydrogen-bond acceptors (Lipinski definition) is 6. The van der Waals surface area contributed by atoms with Crippen molar-refractivity contribution in [3.63, 3.8) is 0 Å². The molecule has 4 unspecified atom stereocenters. The standard InChI is InChI=1S/C37H56N6O6/c1-8-13-27(32(45)34(47)38-19-9-2)40-33(46)28-16-12-20-43(28)35(48)31(26-21-24-14-10-11-15-25(24)22-26)42-36(49)41-29(37(5,6)7)17-18-30(44)39-23(3)4/h9-11,14-15,23,26-29,31H,2,8,12-13,16-22H2,1,3-7H3,(H,38,47)(H,39,44)(H,40,46)(H2,41,42,49). The van der Waals surface area contributed by atoms with Gasteiger partial charge in [0.1, 0.15) is 12.1 Å². The monoisotopic (exact) mass is 680 g/mol. The SMILES string of the molecule is C=CCNC(=O)C(=O)C(CCC)NC(=O)C1CCCN1C(=O)C(NC(=O)NC(CCC(=O)NC(C)C)C(C)(C)C)C1Cc2ccccc2C1. The number of nitrogens with one attached hydrogen (secondary N) is 5. The van der Waals surface area contributed by atoms with Gasteiger partial charge in [0.15, 0.2) is 0 Å². The summed E-state index contributed by atoms with van der Waals surface area (Å²) in [5.74, 6) is -2.75. The van der Waals surface area contributed by atoms with Crippen molar-refractivity contribution in [2.75, 3.05) is 13.1 Å². The van der Waals surface area contributed by atoms with E-state index in [1.165, 1.54) is 11.0 Å². The van der Waals surface area contributed by atoms with Gasteiger partial charge in [-0.05, 0) is 74.8 Å². The first-order valence-corrected chi connectivity index (χ1v) is 17.6. The number of carbonyl (C=O) groups excluding carboxylic acids is 6. The fourth-order valence-corrected chi connectivity index (χ4v) is 6.66. The zero-order valence-electron chi connectivity index (χ0n) is 30.0. The molecule has 1 aliphatic heterocycles. The molecule has 0 saturated carbocycles. The Bertz CT molecular complexity index is 1350. The van der Waals surface area contributed by atoms with Crippen molar-refractivity contribution in [1.82, 2.24) is 31.5 Å². The molecule has 6 amide bonds. The number of urea groups is 1. The number of carbonyl (C=O) groups is 6. The van der Waals surface area contributed by atoms with Crippen LogP contribution in [0.15, 0.2) is 36.9 Å². The van der Waals surface area contributed by atoms with Gasteiger partial charge in [0.25, 0.3) is 5.91 Å². The average molecular weight is 681 g/mol. The first kappa shape index (κ1) is 39.2. The van der Waals surface area contributed by atoms with Gasteiger partial charge in [-0.3, -0.25) is 24.0 Å². The zero-order chi connectivity index (χ0) is 36.3. The predicted molar refractivity (Wildman–Crippen MR) is 188 cm³/mol. The first-order valence-electron chi connectivity index (χ1n) is 17.6. The van der Waals surface area contributed by atoms with Crippen LogP contribution in [0.1, 0.15) is 91.2 Å². The largest absolute Gasteiger partial charge is 0.354 e. The van der Waals surface area contributed by atoms with Crippen LogP contribution in [0.4, 0.5) is 4.79 Å². The van der Waals surface area contributed by atoms with E-state index in [1.807, 2.05) is 65.8 Å². The number of amides is 6. The molecule has 1 aliphatic carbocycles. The van der Waals surface area contributed by atoms with E-state index in [9.17, 15) is 28.8 Å². The molecule has 1 heterocycles. The van der Waals surface area contributed by atoms with Gasteiger partial charge in [-0.1, -0.05) is 64.5 Å². The van der Waals surface area contributed by atoms with Crippen LogP contribution in [0.5, 0.6) is 0 Å². The first-order chi connectivity index (χ1) is 23.2. The molecule has 5 N–H and O–H groups in total. The molecular formula is C37H56N6O6. The molecule has 0 radical (unpaired) electrons. The number of nitrogens with zero attached hydrogens (tertiary/aromatic N) is 1. The van der Waals surface area contributed by atoms with Crippen molar-refractivity contribution in [2.24, 2.45) is 11.3 Å². The third-order valence-electron chi connectivity index (χ3n) is 9.25. The van der Waals surface area contributed by atoms with E-state index in [2.05, 4.69) is 33.2 Å². The van der Waals surface area contributed by atoms with Crippen molar-refractivity contribution in [2.45, 2.75) is 123 Å². The third-order valence-corrected chi connectivity index (χ3v) is 9.25. The Morgan fingerprint density at radius 2 is 1.61 bits per heavy atom. The van der Waals surface area contributed by atoms with Crippen LogP contribution in [-0.4, -0.2) is 83.6 Å². The Morgan fingerprint density at radius 3 is 2.18 bits per heavy atom. The molecule has 1 aromatic rings. The van der Waals surface area contributed by atoms with Crippen LogP contribution in [-0.2, 0) is 36.8 Å². The Hall–Kier alpha value is -4.22. The summed E-state index contributed by atoms with van der Waals surface area (Å²) in [6.07, 6.45) is 5.08. The van der Waals surface area contributed by atoms with Crippen molar-refractivity contribution >= 4 is 35.4 Å². The molecule has 1 fully saturated rings. The lowest BCUT2D eigenvalue weighted by atomic mass is 9.84. The number of ketones is 1. The summed E-state index contributed by atoms with van der Waals surface area (Å²) in [4.78, 5) is 80.9. The molecule has 270 valence electrons. The Morgan fingerprint density at radius 1 is 0.959 bits per heavy atom. The highest BCUT2D eigenvalue weighted by Crippen LogP contribution is 2.31. The van der Waals surface area contributed by atoms with E-state index < -0.39 is 41.8 Å². The summed E-state index contributed by atoms with van der Waals surface area (Å²) in [5.41, 5.74) is 1.86. The maximum atomic E-state index is 14.4.